The molecule has 0 amide bonds. The van der Waals surface area contributed by atoms with Crippen molar-refractivity contribution in [3.05, 3.63) is 28.8 Å². The summed E-state index contributed by atoms with van der Waals surface area (Å²) < 4.78 is 27.1. The molecule has 1 atom stereocenters. The molecule has 1 aromatic rings. The molecule has 2 fully saturated rings. The molecule has 2 aliphatic heterocycles. The molecule has 0 spiro atoms. The molecule has 0 radical (unpaired) electrons. The highest BCUT2D eigenvalue weighted by atomic mass is 35.5. The topological polar surface area (TPSA) is 52.7 Å². The molecule has 2 saturated heterocycles. The van der Waals surface area contributed by atoms with Gasteiger partial charge in [0, 0.05) is 50.3 Å². The van der Waals surface area contributed by atoms with Gasteiger partial charge in [0.2, 0.25) is 10.0 Å². The first-order valence-electron chi connectivity index (χ1n) is 7.69. The Morgan fingerprint density at radius 1 is 1.23 bits per heavy atom. The van der Waals surface area contributed by atoms with Crippen LogP contribution in [-0.4, -0.2) is 62.9 Å². The van der Waals surface area contributed by atoms with Gasteiger partial charge >= 0.3 is 0 Å². The first kappa shape index (κ1) is 16.2. The molecule has 1 unspecified atom stereocenters. The van der Waals surface area contributed by atoms with E-state index in [1.807, 2.05) is 6.92 Å². The molecule has 7 heteroatoms. The molecule has 3 rings (SSSR count). The van der Waals surface area contributed by atoms with Crippen molar-refractivity contribution in [3.8, 4) is 0 Å². The summed E-state index contributed by atoms with van der Waals surface area (Å²) in [6.07, 6.45) is 0.902. The number of aryl methyl sites for hydroxylation is 1. The van der Waals surface area contributed by atoms with Gasteiger partial charge in [-0.25, -0.2) is 8.42 Å². The highest BCUT2D eigenvalue weighted by Crippen LogP contribution is 2.26. The average molecular weight is 344 g/mol. The van der Waals surface area contributed by atoms with E-state index in [1.165, 1.54) is 0 Å². The summed E-state index contributed by atoms with van der Waals surface area (Å²) in [6.45, 7) is 6.99. The lowest BCUT2D eigenvalue weighted by atomic mass is 10.2. The number of sulfonamides is 1. The van der Waals surface area contributed by atoms with E-state index < -0.39 is 10.0 Å². The molecule has 0 aromatic heterocycles. The third-order valence-corrected chi connectivity index (χ3v) is 6.84. The Balaban J connectivity index is 1.74. The van der Waals surface area contributed by atoms with Gasteiger partial charge in [-0.1, -0.05) is 17.7 Å². The van der Waals surface area contributed by atoms with Crippen molar-refractivity contribution in [2.45, 2.75) is 24.3 Å². The minimum Gasteiger partial charge on any atom is -0.314 e. The fourth-order valence-corrected chi connectivity index (χ4v) is 4.92. The van der Waals surface area contributed by atoms with Crippen LogP contribution in [0.25, 0.3) is 0 Å². The van der Waals surface area contributed by atoms with Crippen molar-refractivity contribution >= 4 is 21.6 Å². The van der Waals surface area contributed by atoms with Crippen molar-refractivity contribution in [2.24, 2.45) is 0 Å². The van der Waals surface area contributed by atoms with Crippen LogP contribution in [0.5, 0.6) is 0 Å². The van der Waals surface area contributed by atoms with Crippen LogP contribution in [0.2, 0.25) is 5.02 Å². The zero-order valence-electron chi connectivity index (χ0n) is 12.8. The summed E-state index contributed by atoms with van der Waals surface area (Å²) in [5, 5.41) is 3.83. The Bertz CT molecular complexity index is 644. The van der Waals surface area contributed by atoms with Crippen LogP contribution in [0.4, 0.5) is 0 Å². The lowest BCUT2D eigenvalue weighted by molar-refractivity contribution is 0.179. The highest BCUT2D eigenvalue weighted by Gasteiger charge is 2.35. The SMILES string of the molecule is Cc1ccc(S(=O)(=O)N2CCC(N3CCNCC3)C2)cc1Cl. The second-order valence-electron chi connectivity index (χ2n) is 6.00. The van der Waals surface area contributed by atoms with Gasteiger partial charge in [0.1, 0.15) is 0 Å². The van der Waals surface area contributed by atoms with E-state index in [9.17, 15) is 8.42 Å². The normalized spacial score (nSPS) is 24.7. The van der Waals surface area contributed by atoms with Gasteiger partial charge in [0.05, 0.1) is 4.90 Å². The summed E-state index contributed by atoms with van der Waals surface area (Å²) in [7, 11) is -3.44. The Hall–Kier alpha value is -0.660. The van der Waals surface area contributed by atoms with Crippen LogP contribution in [-0.2, 0) is 10.0 Å². The molecule has 0 bridgehead atoms. The zero-order valence-corrected chi connectivity index (χ0v) is 14.3. The molecule has 1 aromatic carbocycles. The van der Waals surface area contributed by atoms with Crippen LogP contribution in [0.3, 0.4) is 0 Å². The summed E-state index contributed by atoms with van der Waals surface area (Å²) in [6, 6.07) is 5.30. The standard InChI is InChI=1S/C15H22ClN3O2S/c1-12-2-3-14(10-15(12)16)22(20,21)19-7-4-13(11-19)18-8-5-17-6-9-18/h2-3,10,13,17H,4-9,11H2,1H3. The van der Waals surface area contributed by atoms with Crippen molar-refractivity contribution in [2.75, 3.05) is 39.3 Å². The number of nitrogens with zero attached hydrogens (tertiary/aromatic N) is 2. The molecule has 0 saturated carbocycles. The number of hydrogen-bond acceptors (Lipinski definition) is 4. The number of halogens is 1. The predicted octanol–water partition coefficient (Wildman–Crippen LogP) is 1.32. The monoisotopic (exact) mass is 343 g/mol. The fourth-order valence-electron chi connectivity index (χ4n) is 3.16. The van der Waals surface area contributed by atoms with Crippen molar-refractivity contribution in [3.63, 3.8) is 0 Å². The van der Waals surface area contributed by atoms with Crippen LogP contribution >= 0.6 is 11.6 Å². The smallest absolute Gasteiger partial charge is 0.243 e. The maximum absolute atomic E-state index is 12.8. The van der Waals surface area contributed by atoms with E-state index in [0.29, 0.717) is 29.0 Å². The molecule has 1 N–H and O–H groups in total. The molecule has 122 valence electrons. The van der Waals surface area contributed by atoms with Crippen LogP contribution in [0, 0.1) is 6.92 Å². The van der Waals surface area contributed by atoms with Crippen LogP contribution in [0.1, 0.15) is 12.0 Å². The number of rotatable bonds is 3. The molecule has 2 aliphatic rings. The Kier molecular flexibility index (Phi) is 4.75. The number of benzene rings is 1. The van der Waals surface area contributed by atoms with Crippen LogP contribution < -0.4 is 5.32 Å². The maximum atomic E-state index is 12.8. The van der Waals surface area contributed by atoms with Crippen molar-refractivity contribution in [1.29, 1.82) is 0 Å². The van der Waals surface area contributed by atoms with Gasteiger partial charge in [-0.2, -0.15) is 4.31 Å². The van der Waals surface area contributed by atoms with Crippen molar-refractivity contribution in [1.82, 2.24) is 14.5 Å². The lowest BCUT2D eigenvalue weighted by Crippen LogP contribution is -2.49. The van der Waals surface area contributed by atoms with E-state index in [-0.39, 0.29) is 0 Å². The van der Waals surface area contributed by atoms with Gasteiger partial charge in [0.25, 0.3) is 0 Å². The second kappa shape index (κ2) is 6.45. The number of nitrogens with one attached hydrogen (secondary N) is 1. The van der Waals surface area contributed by atoms with Gasteiger partial charge in [-0.3, -0.25) is 4.90 Å². The highest BCUT2D eigenvalue weighted by molar-refractivity contribution is 7.89. The zero-order chi connectivity index (χ0) is 15.7. The first-order valence-corrected chi connectivity index (χ1v) is 9.51. The van der Waals surface area contributed by atoms with E-state index in [4.69, 9.17) is 11.6 Å². The Labute approximate surface area is 137 Å². The fraction of sp³-hybridized carbons (Fsp3) is 0.600. The van der Waals surface area contributed by atoms with Gasteiger partial charge in [-0.15, -0.1) is 0 Å². The van der Waals surface area contributed by atoms with Gasteiger partial charge in [0.15, 0.2) is 0 Å². The van der Waals surface area contributed by atoms with E-state index in [0.717, 1.165) is 38.2 Å². The number of hydrogen-bond donors (Lipinski definition) is 1. The lowest BCUT2D eigenvalue weighted by Gasteiger charge is -2.32. The van der Waals surface area contributed by atoms with Gasteiger partial charge in [-0.05, 0) is 31.0 Å². The number of piperazine rings is 1. The van der Waals surface area contributed by atoms with E-state index in [1.54, 1.807) is 22.5 Å². The van der Waals surface area contributed by atoms with Gasteiger partial charge < -0.3 is 5.32 Å². The summed E-state index contributed by atoms with van der Waals surface area (Å²) >= 11 is 6.08. The summed E-state index contributed by atoms with van der Waals surface area (Å²) in [5.74, 6) is 0. The minimum absolute atomic E-state index is 0.295. The summed E-state index contributed by atoms with van der Waals surface area (Å²) in [5.41, 5.74) is 0.890. The van der Waals surface area contributed by atoms with Crippen molar-refractivity contribution < 1.29 is 8.42 Å². The molecule has 5 nitrogen and oxygen atoms in total. The third kappa shape index (κ3) is 3.16. The maximum Gasteiger partial charge on any atom is 0.243 e. The largest absolute Gasteiger partial charge is 0.314 e. The van der Waals surface area contributed by atoms with E-state index in [2.05, 4.69) is 10.2 Å². The Morgan fingerprint density at radius 3 is 2.64 bits per heavy atom. The summed E-state index contributed by atoms with van der Waals surface area (Å²) in [4.78, 5) is 2.69. The third-order valence-electron chi connectivity index (χ3n) is 4.58. The predicted molar refractivity (Wildman–Crippen MR) is 87.8 cm³/mol. The molecule has 2 heterocycles. The molecule has 22 heavy (non-hydrogen) atoms. The molecular weight excluding hydrogens is 322 g/mol. The molecule has 0 aliphatic carbocycles. The molecular formula is C15H22ClN3O2S. The van der Waals surface area contributed by atoms with E-state index >= 15 is 0 Å². The quantitative estimate of drug-likeness (QED) is 0.899. The van der Waals surface area contributed by atoms with Crippen LogP contribution in [0.15, 0.2) is 23.1 Å². The average Bonchev–Trinajstić information content (AvgIpc) is 3.01. The second-order valence-corrected chi connectivity index (χ2v) is 8.35. The minimum atomic E-state index is -3.44. The first-order chi connectivity index (χ1) is 10.5. The Morgan fingerprint density at radius 2 is 1.95 bits per heavy atom.